The minimum atomic E-state index is -0.461. The van der Waals surface area contributed by atoms with Gasteiger partial charge in [-0.15, -0.1) is 0 Å². The van der Waals surface area contributed by atoms with E-state index < -0.39 is 11.7 Å². The SMILES string of the molecule is CC(=O)NCC(=O)Nc1ccc(Br)c(F)c1. The molecule has 0 bridgehead atoms. The normalized spacial score (nSPS) is 9.69. The Balaban J connectivity index is 2.56. The molecule has 0 aromatic heterocycles. The average Bonchev–Trinajstić information content (AvgIpc) is 2.21. The van der Waals surface area contributed by atoms with Crippen molar-refractivity contribution in [3.8, 4) is 0 Å². The molecule has 16 heavy (non-hydrogen) atoms. The van der Waals surface area contributed by atoms with Gasteiger partial charge < -0.3 is 10.6 Å². The summed E-state index contributed by atoms with van der Waals surface area (Å²) in [5.41, 5.74) is 0.344. The molecule has 1 rings (SSSR count). The molecule has 6 heteroatoms. The second kappa shape index (κ2) is 5.60. The zero-order valence-electron chi connectivity index (χ0n) is 8.51. The van der Waals surface area contributed by atoms with Crippen LogP contribution in [0.2, 0.25) is 0 Å². The summed E-state index contributed by atoms with van der Waals surface area (Å²) in [5, 5.41) is 4.79. The highest BCUT2D eigenvalue weighted by atomic mass is 79.9. The van der Waals surface area contributed by atoms with Crippen LogP contribution >= 0.6 is 15.9 Å². The summed E-state index contributed by atoms with van der Waals surface area (Å²) in [7, 11) is 0. The van der Waals surface area contributed by atoms with Crippen molar-refractivity contribution in [1.82, 2.24) is 5.32 Å². The number of benzene rings is 1. The molecule has 4 nitrogen and oxygen atoms in total. The van der Waals surface area contributed by atoms with E-state index in [1.54, 1.807) is 6.07 Å². The van der Waals surface area contributed by atoms with E-state index in [0.717, 1.165) is 0 Å². The van der Waals surface area contributed by atoms with Gasteiger partial charge in [0.15, 0.2) is 0 Å². The topological polar surface area (TPSA) is 58.2 Å². The number of amides is 2. The van der Waals surface area contributed by atoms with E-state index in [1.807, 2.05) is 0 Å². The van der Waals surface area contributed by atoms with Crippen LogP contribution in [0.5, 0.6) is 0 Å². The third kappa shape index (κ3) is 3.98. The van der Waals surface area contributed by atoms with Crippen molar-refractivity contribution in [2.75, 3.05) is 11.9 Å². The lowest BCUT2D eigenvalue weighted by atomic mass is 10.3. The van der Waals surface area contributed by atoms with Gasteiger partial charge in [0, 0.05) is 12.6 Å². The van der Waals surface area contributed by atoms with Crippen LogP contribution < -0.4 is 10.6 Å². The van der Waals surface area contributed by atoms with Gasteiger partial charge in [-0.1, -0.05) is 0 Å². The van der Waals surface area contributed by atoms with Crippen LogP contribution in [0.15, 0.2) is 22.7 Å². The number of hydrogen-bond donors (Lipinski definition) is 2. The van der Waals surface area contributed by atoms with E-state index in [4.69, 9.17) is 0 Å². The van der Waals surface area contributed by atoms with Gasteiger partial charge in [0.1, 0.15) is 5.82 Å². The standard InChI is InChI=1S/C10H10BrFN2O2/c1-6(15)13-5-10(16)14-7-2-3-8(11)9(12)4-7/h2-4H,5H2,1H3,(H,13,15)(H,14,16). The first-order valence-corrected chi connectivity index (χ1v) is 5.27. The maximum absolute atomic E-state index is 13.1. The monoisotopic (exact) mass is 288 g/mol. The third-order valence-electron chi connectivity index (χ3n) is 1.70. The van der Waals surface area contributed by atoms with Crippen LogP contribution in [0.25, 0.3) is 0 Å². The Morgan fingerprint density at radius 2 is 2.12 bits per heavy atom. The van der Waals surface area contributed by atoms with Crippen LogP contribution in [0, 0.1) is 5.82 Å². The second-order valence-electron chi connectivity index (χ2n) is 3.09. The van der Waals surface area contributed by atoms with E-state index in [9.17, 15) is 14.0 Å². The molecular formula is C10H10BrFN2O2. The average molecular weight is 289 g/mol. The van der Waals surface area contributed by atoms with Crippen molar-refractivity contribution < 1.29 is 14.0 Å². The van der Waals surface area contributed by atoms with Crippen LogP contribution in [-0.4, -0.2) is 18.4 Å². The van der Waals surface area contributed by atoms with Crippen molar-refractivity contribution in [3.05, 3.63) is 28.5 Å². The molecule has 0 aliphatic rings. The highest BCUT2D eigenvalue weighted by Gasteiger charge is 2.05. The molecule has 1 aromatic rings. The summed E-state index contributed by atoms with van der Waals surface area (Å²) in [4.78, 5) is 21.8. The Hall–Kier alpha value is -1.43. The third-order valence-corrected chi connectivity index (χ3v) is 2.34. The van der Waals surface area contributed by atoms with E-state index in [1.165, 1.54) is 19.1 Å². The molecule has 0 aliphatic carbocycles. The fourth-order valence-corrected chi connectivity index (χ4v) is 1.23. The van der Waals surface area contributed by atoms with Gasteiger partial charge in [0.25, 0.3) is 0 Å². The quantitative estimate of drug-likeness (QED) is 0.889. The van der Waals surface area contributed by atoms with Crippen molar-refractivity contribution in [3.63, 3.8) is 0 Å². The predicted molar refractivity (Wildman–Crippen MR) is 61.4 cm³/mol. The Kier molecular flexibility index (Phi) is 4.42. The Morgan fingerprint density at radius 1 is 1.44 bits per heavy atom. The van der Waals surface area contributed by atoms with Gasteiger partial charge in [0.05, 0.1) is 11.0 Å². The highest BCUT2D eigenvalue weighted by molar-refractivity contribution is 9.10. The van der Waals surface area contributed by atoms with Gasteiger partial charge in [-0.3, -0.25) is 9.59 Å². The van der Waals surface area contributed by atoms with Crippen LogP contribution in [-0.2, 0) is 9.59 Å². The van der Waals surface area contributed by atoms with Crippen LogP contribution in [0.1, 0.15) is 6.92 Å². The van der Waals surface area contributed by atoms with Gasteiger partial charge in [0.2, 0.25) is 11.8 Å². The minimum Gasteiger partial charge on any atom is -0.347 e. The molecular weight excluding hydrogens is 279 g/mol. The van der Waals surface area contributed by atoms with E-state index in [2.05, 4.69) is 26.6 Å². The van der Waals surface area contributed by atoms with Crippen LogP contribution in [0.3, 0.4) is 0 Å². The predicted octanol–water partition coefficient (Wildman–Crippen LogP) is 1.66. The second-order valence-corrected chi connectivity index (χ2v) is 3.94. The molecule has 0 saturated carbocycles. The Bertz CT molecular complexity index is 423. The summed E-state index contributed by atoms with van der Waals surface area (Å²) >= 11 is 3.00. The van der Waals surface area contributed by atoms with Crippen molar-refractivity contribution in [2.45, 2.75) is 6.92 Å². The maximum Gasteiger partial charge on any atom is 0.243 e. The molecule has 0 saturated heterocycles. The smallest absolute Gasteiger partial charge is 0.243 e. The van der Waals surface area contributed by atoms with Crippen LogP contribution in [0.4, 0.5) is 10.1 Å². The number of hydrogen-bond acceptors (Lipinski definition) is 2. The molecule has 0 radical (unpaired) electrons. The molecule has 0 atom stereocenters. The first-order chi connectivity index (χ1) is 7.49. The molecule has 2 amide bonds. The number of rotatable bonds is 3. The lowest BCUT2D eigenvalue weighted by Crippen LogP contribution is -2.31. The number of nitrogens with one attached hydrogen (secondary N) is 2. The zero-order chi connectivity index (χ0) is 12.1. The number of carbonyl (C=O) groups excluding carboxylic acids is 2. The number of anilines is 1. The molecule has 0 aliphatic heterocycles. The fraction of sp³-hybridized carbons (Fsp3) is 0.200. The molecule has 1 aromatic carbocycles. The summed E-state index contributed by atoms with van der Waals surface area (Å²) in [6.07, 6.45) is 0. The molecule has 0 spiro atoms. The lowest BCUT2D eigenvalue weighted by Gasteiger charge is -2.06. The minimum absolute atomic E-state index is 0.132. The summed E-state index contributed by atoms with van der Waals surface area (Å²) in [6.45, 7) is 1.18. The van der Waals surface area contributed by atoms with E-state index in [-0.39, 0.29) is 12.5 Å². The van der Waals surface area contributed by atoms with Gasteiger partial charge in [-0.25, -0.2) is 4.39 Å². The first kappa shape index (κ1) is 12.6. The largest absolute Gasteiger partial charge is 0.347 e. The van der Waals surface area contributed by atoms with E-state index in [0.29, 0.717) is 10.2 Å². The fourth-order valence-electron chi connectivity index (χ4n) is 0.984. The maximum atomic E-state index is 13.1. The summed E-state index contributed by atoms with van der Waals surface area (Å²) in [5.74, 6) is -1.16. The number of carbonyl (C=O) groups is 2. The van der Waals surface area contributed by atoms with Crippen molar-refractivity contribution in [1.29, 1.82) is 0 Å². The summed E-state index contributed by atoms with van der Waals surface area (Å²) < 4.78 is 13.4. The van der Waals surface area contributed by atoms with Gasteiger partial charge >= 0.3 is 0 Å². The lowest BCUT2D eigenvalue weighted by molar-refractivity contribution is -0.122. The number of halogens is 2. The Labute approximate surface area is 100 Å². The first-order valence-electron chi connectivity index (χ1n) is 4.48. The summed E-state index contributed by atoms with van der Waals surface area (Å²) in [6, 6.07) is 4.23. The molecule has 2 N–H and O–H groups in total. The van der Waals surface area contributed by atoms with E-state index >= 15 is 0 Å². The highest BCUT2D eigenvalue weighted by Crippen LogP contribution is 2.19. The van der Waals surface area contributed by atoms with Gasteiger partial charge in [-0.05, 0) is 34.1 Å². The molecule has 0 heterocycles. The van der Waals surface area contributed by atoms with Crippen molar-refractivity contribution in [2.24, 2.45) is 0 Å². The molecule has 0 fully saturated rings. The van der Waals surface area contributed by atoms with Gasteiger partial charge in [-0.2, -0.15) is 0 Å². The molecule has 86 valence electrons. The molecule has 0 unspecified atom stereocenters. The Morgan fingerprint density at radius 3 is 2.69 bits per heavy atom. The van der Waals surface area contributed by atoms with Crippen molar-refractivity contribution >= 4 is 33.4 Å². The zero-order valence-corrected chi connectivity index (χ0v) is 10.1.